The lowest BCUT2D eigenvalue weighted by molar-refractivity contribution is 0.0589. The Kier molecular flexibility index (Phi) is 5.16. The Morgan fingerprint density at radius 2 is 1.90 bits per heavy atom. The summed E-state index contributed by atoms with van der Waals surface area (Å²) in [6.45, 7) is 0.348. The predicted octanol–water partition coefficient (Wildman–Crippen LogP) is 3.22. The Morgan fingerprint density at radius 1 is 1.19 bits per heavy atom. The molecule has 0 N–H and O–H groups in total. The van der Waals surface area contributed by atoms with Crippen molar-refractivity contribution in [3.8, 4) is 11.5 Å². The van der Waals surface area contributed by atoms with Crippen LogP contribution in [0.4, 0.5) is 0 Å². The number of rotatable bonds is 5. The zero-order valence-corrected chi connectivity index (χ0v) is 13.2. The third-order valence-corrected chi connectivity index (χ3v) is 3.32. The summed E-state index contributed by atoms with van der Waals surface area (Å²) in [6, 6.07) is 9.68. The van der Waals surface area contributed by atoms with Crippen molar-refractivity contribution in [2.45, 2.75) is 6.61 Å². The average molecular weight is 352 g/mol. The Hall–Kier alpha value is -2.08. The molecular weight excluding hydrogens is 338 g/mol. The standard InChI is InChI=1S/C15H14BrNO4/c1-19-14-12(15(18)20-2)17-8-11(16)13(14)21-9-10-6-4-3-5-7-10/h3-8H,9H2,1-2H3. The molecule has 6 heteroatoms. The zero-order chi connectivity index (χ0) is 15.2. The fourth-order valence-corrected chi connectivity index (χ4v) is 2.15. The molecule has 0 fully saturated rings. The first-order valence-electron chi connectivity index (χ1n) is 6.15. The summed E-state index contributed by atoms with van der Waals surface area (Å²) in [7, 11) is 2.74. The first kappa shape index (κ1) is 15.3. The van der Waals surface area contributed by atoms with E-state index in [2.05, 4.69) is 25.7 Å². The van der Waals surface area contributed by atoms with Gasteiger partial charge in [0.05, 0.1) is 18.7 Å². The van der Waals surface area contributed by atoms with Crippen LogP contribution in [-0.2, 0) is 11.3 Å². The molecular formula is C15H14BrNO4. The number of hydrogen-bond acceptors (Lipinski definition) is 5. The van der Waals surface area contributed by atoms with Crippen LogP contribution in [0.1, 0.15) is 16.1 Å². The number of pyridine rings is 1. The van der Waals surface area contributed by atoms with Gasteiger partial charge in [-0.05, 0) is 21.5 Å². The van der Waals surface area contributed by atoms with E-state index in [-0.39, 0.29) is 11.4 Å². The molecule has 2 aromatic rings. The molecule has 0 bridgehead atoms. The van der Waals surface area contributed by atoms with Crippen molar-refractivity contribution in [1.29, 1.82) is 0 Å². The van der Waals surface area contributed by atoms with Gasteiger partial charge in [0.1, 0.15) is 6.61 Å². The van der Waals surface area contributed by atoms with Crippen LogP contribution >= 0.6 is 15.9 Å². The molecule has 0 atom stereocenters. The number of benzene rings is 1. The fourth-order valence-electron chi connectivity index (χ4n) is 1.75. The van der Waals surface area contributed by atoms with Gasteiger partial charge in [-0.25, -0.2) is 9.78 Å². The maximum absolute atomic E-state index is 11.7. The molecule has 1 aromatic heterocycles. The second-order valence-electron chi connectivity index (χ2n) is 4.08. The van der Waals surface area contributed by atoms with Crippen LogP contribution in [0.5, 0.6) is 11.5 Å². The van der Waals surface area contributed by atoms with E-state index in [1.807, 2.05) is 30.3 Å². The molecule has 0 saturated heterocycles. The average Bonchev–Trinajstić information content (AvgIpc) is 2.53. The second kappa shape index (κ2) is 7.08. The molecule has 0 aliphatic rings. The second-order valence-corrected chi connectivity index (χ2v) is 4.94. The smallest absolute Gasteiger partial charge is 0.360 e. The molecule has 0 amide bonds. The molecule has 0 unspecified atom stereocenters. The lowest BCUT2D eigenvalue weighted by atomic mass is 10.2. The highest BCUT2D eigenvalue weighted by Crippen LogP contribution is 2.37. The highest BCUT2D eigenvalue weighted by molar-refractivity contribution is 9.10. The third kappa shape index (κ3) is 3.52. The van der Waals surface area contributed by atoms with Crippen molar-refractivity contribution in [3.63, 3.8) is 0 Å². The van der Waals surface area contributed by atoms with Gasteiger partial charge in [0, 0.05) is 6.20 Å². The van der Waals surface area contributed by atoms with Crippen molar-refractivity contribution >= 4 is 21.9 Å². The van der Waals surface area contributed by atoms with Crippen LogP contribution < -0.4 is 9.47 Å². The molecule has 21 heavy (non-hydrogen) atoms. The first-order valence-corrected chi connectivity index (χ1v) is 6.94. The monoisotopic (exact) mass is 351 g/mol. The zero-order valence-electron chi connectivity index (χ0n) is 11.6. The molecule has 1 heterocycles. The van der Waals surface area contributed by atoms with Crippen LogP contribution in [0.25, 0.3) is 0 Å². The van der Waals surface area contributed by atoms with Gasteiger partial charge in [-0.2, -0.15) is 0 Å². The maximum Gasteiger partial charge on any atom is 0.360 e. The quantitative estimate of drug-likeness (QED) is 0.774. The van der Waals surface area contributed by atoms with Crippen molar-refractivity contribution in [1.82, 2.24) is 4.98 Å². The summed E-state index contributed by atoms with van der Waals surface area (Å²) in [5.74, 6) is 0.0767. The summed E-state index contributed by atoms with van der Waals surface area (Å²) in [4.78, 5) is 15.7. The summed E-state index contributed by atoms with van der Waals surface area (Å²) < 4.78 is 16.3. The maximum atomic E-state index is 11.7. The highest BCUT2D eigenvalue weighted by atomic mass is 79.9. The van der Waals surface area contributed by atoms with E-state index in [0.29, 0.717) is 16.8 Å². The van der Waals surface area contributed by atoms with Crippen LogP contribution in [0.2, 0.25) is 0 Å². The molecule has 0 aliphatic heterocycles. The minimum Gasteiger partial charge on any atom is -0.491 e. The summed E-state index contributed by atoms with van der Waals surface area (Å²) in [6.07, 6.45) is 1.48. The van der Waals surface area contributed by atoms with E-state index >= 15 is 0 Å². The van der Waals surface area contributed by atoms with Gasteiger partial charge in [0.2, 0.25) is 0 Å². The SMILES string of the molecule is COC(=O)c1ncc(Br)c(OCc2ccccc2)c1OC. The number of ether oxygens (including phenoxy) is 3. The van der Waals surface area contributed by atoms with Crippen LogP contribution in [0.3, 0.4) is 0 Å². The van der Waals surface area contributed by atoms with Crippen molar-refractivity contribution in [2.24, 2.45) is 0 Å². The van der Waals surface area contributed by atoms with E-state index in [4.69, 9.17) is 9.47 Å². The van der Waals surface area contributed by atoms with E-state index in [0.717, 1.165) is 5.56 Å². The summed E-state index contributed by atoms with van der Waals surface area (Å²) in [5, 5.41) is 0. The Bertz CT molecular complexity index is 631. The van der Waals surface area contributed by atoms with E-state index in [1.54, 1.807) is 0 Å². The Balaban J connectivity index is 2.31. The lowest BCUT2D eigenvalue weighted by Gasteiger charge is -2.14. The van der Waals surface area contributed by atoms with Crippen LogP contribution in [-0.4, -0.2) is 25.2 Å². The lowest BCUT2D eigenvalue weighted by Crippen LogP contribution is -2.09. The number of esters is 1. The highest BCUT2D eigenvalue weighted by Gasteiger charge is 2.22. The normalized spacial score (nSPS) is 10.0. The summed E-state index contributed by atoms with van der Waals surface area (Å²) >= 11 is 3.35. The van der Waals surface area contributed by atoms with Crippen molar-refractivity contribution in [2.75, 3.05) is 14.2 Å². The van der Waals surface area contributed by atoms with Gasteiger partial charge in [-0.15, -0.1) is 0 Å². The Labute approximate surface area is 131 Å². The molecule has 0 spiro atoms. The van der Waals surface area contributed by atoms with Crippen LogP contribution in [0.15, 0.2) is 41.0 Å². The number of carbonyl (C=O) groups is 1. The molecule has 0 saturated carbocycles. The van der Waals surface area contributed by atoms with E-state index in [1.165, 1.54) is 20.4 Å². The minimum absolute atomic E-state index is 0.0752. The number of hydrogen-bond donors (Lipinski definition) is 0. The largest absolute Gasteiger partial charge is 0.491 e. The van der Waals surface area contributed by atoms with Gasteiger partial charge < -0.3 is 14.2 Å². The molecule has 5 nitrogen and oxygen atoms in total. The number of aromatic nitrogens is 1. The van der Waals surface area contributed by atoms with Gasteiger partial charge in [0.25, 0.3) is 0 Å². The van der Waals surface area contributed by atoms with E-state index in [9.17, 15) is 4.79 Å². The first-order chi connectivity index (χ1) is 10.2. The number of halogens is 1. The third-order valence-electron chi connectivity index (χ3n) is 2.75. The molecule has 110 valence electrons. The minimum atomic E-state index is -0.580. The molecule has 2 rings (SSSR count). The summed E-state index contributed by atoms with van der Waals surface area (Å²) in [5.41, 5.74) is 1.08. The van der Waals surface area contributed by atoms with Gasteiger partial charge >= 0.3 is 5.97 Å². The molecule has 0 aliphatic carbocycles. The number of methoxy groups -OCH3 is 2. The van der Waals surface area contributed by atoms with E-state index < -0.39 is 5.97 Å². The number of nitrogens with zero attached hydrogens (tertiary/aromatic N) is 1. The van der Waals surface area contributed by atoms with Crippen LogP contribution in [0, 0.1) is 0 Å². The predicted molar refractivity (Wildman–Crippen MR) is 80.6 cm³/mol. The fraction of sp³-hybridized carbons (Fsp3) is 0.200. The van der Waals surface area contributed by atoms with Gasteiger partial charge in [0.15, 0.2) is 17.2 Å². The molecule has 1 aromatic carbocycles. The van der Waals surface area contributed by atoms with Gasteiger partial charge in [-0.3, -0.25) is 0 Å². The van der Waals surface area contributed by atoms with Gasteiger partial charge in [-0.1, -0.05) is 30.3 Å². The number of carbonyl (C=O) groups excluding carboxylic acids is 1. The topological polar surface area (TPSA) is 57.7 Å². The Morgan fingerprint density at radius 3 is 2.52 bits per heavy atom. The molecule has 0 radical (unpaired) electrons. The van der Waals surface area contributed by atoms with Crippen molar-refractivity contribution in [3.05, 3.63) is 52.3 Å². The van der Waals surface area contributed by atoms with Crippen molar-refractivity contribution < 1.29 is 19.0 Å².